The summed E-state index contributed by atoms with van der Waals surface area (Å²) in [4.78, 5) is 15.8. The smallest absolute Gasteiger partial charge is 0.250 e. The minimum atomic E-state index is -0.0684. The van der Waals surface area contributed by atoms with Gasteiger partial charge in [-0.2, -0.15) is 0 Å². The van der Waals surface area contributed by atoms with E-state index in [2.05, 4.69) is 26.3 Å². The van der Waals surface area contributed by atoms with Gasteiger partial charge in [0.1, 0.15) is 0 Å². The second-order valence-corrected chi connectivity index (χ2v) is 4.41. The van der Waals surface area contributed by atoms with Crippen molar-refractivity contribution in [1.82, 2.24) is 9.55 Å². The van der Waals surface area contributed by atoms with E-state index in [9.17, 15) is 4.79 Å². The summed E-state index contributed by atoms with van der Waals surface area (Å²) >= 11 is 3.33. The molecule has 0 aromatic carbocycles. The normalized spacial score (nSPS) is 10.2. The number of aromatic nitrogens is 2. The van der Waals surface area contributed by atoms with Crippen molar-refractivity contribution in [3.05, 3.63) is 57.2 Å². The summed E-state index contributed by atoms with van der Waals surface area (Å²) in [5, 5.41) is 0. The monoisotopic (exact) mass is 294 g/mol. The summed E-state index contributed by atoms with van der Waals surface area (Å²) < 4.78 is 2.43. The second kappa shape index (κ2) is 5.11. The molecule has 0 aliphatic rings. The Bertz CT molecular complexity index is 582. The van der Waals surface area contributed by atoms with Crippen LogP contribution in [0.1, 0.15) is 5.69 Å². The number of nitrogen functional groups attached to an aromatic ring is 1. The van der Waals surface area contributed by atoms with E-state index in [4.69, 9.17) is 5.84 Å². The predicted molar refractivity (Wildman–Crippen MR) is 69.6 cm³/mol. The van der Waals surface area contributed by atoms with Gasteiger partial charge in [0.05, 0.1) is 17.9 Å². The lowest BCUT2D eigenvalue weighted by atomic mass is 10.3. The van der Waals surface area contributed by atoms with E-state index in [-0.39, 0.29) is 5.56 Å². The molecule has 2 rings (SSSR count). The topological polar surface area (TPSA) is 72.9 Å². The molecule has 0 atom stereocenters. The largest absolute Gasteiger partial charge is 0.324 e. The molecule has 88 valence electrons. The van der Waals surface area contributed by atoms with Crippen LogP contribution >= 0.6 is 15.9 Å². The molecule has 5 nitrogen and oxygen atoms in total. The number of nitrogens with one attached hydrogen (secondary N) is 1. The maximum absolute atomic E-state index is 11.6. The Kier molecular flexibility index (Phi) is 3.55. The summed E-state index contributed by atoms with van der Waals surface area (Å²) in [5.74, 6) is 5.31. The van der Waals surface area contributed by atoms with E-state index < -0.39 is 0 Å². The first-order valence-corrected chi connectivity index (χ1v) is 5.76. The van der Waals surface area contributed by atoms with Gasteiger partial charge in [-0.15, -0.1) is 0 Å². The number of halogens is 1. The highest BCUT2D eigenvalue weighted by molar-refractivity contribution is 9.10. The molecule has 0 bridgehead atoms. The standard InChI is InChI=1S/C11H11BrN4O/c12-8-1-2-11(17)16(6-8)7-10-5-9(15-13)3-4-14-10/h1-6H,7,13H2,(H,14,15). The van der Waals surface area contributed by atoms with E-state index in [1.807, 2.05) is 0 Å². The molecule has 17 heavy (non-hydrogen) atoms. The van der Waals surface area contributed by atoms with E-state index in [1.54, 1.807) is 35.2 Å². The molecule has 0 spiro atoms. The van der Waals surface area contributed by atoms with Crippen LogP contribution in [-0.4, -0.2) is 9.55 Å². The zero-order valence-corrected chi connectivity index (χ0v) is 10.5. The highest BCUT2D eigenvalue weighted by atomic mass is 79.9. The van der Waals surface area contributed by atoms with E-state index >= 15 is 0 Å². The van der Waals surface area contributed by atoms with Crippen molar-refractivity contribution in [3.8, 4) is 0 Å². The Morgan fingerprint density at radius 2 is 2.24 bits per heavy atom. The van der Waals surface area contributed by atoms with Gasteiger partial charge >= 0.3 is 0 Å². The van der Waals surface area contributed by atoms with Gasteiger partial charge in [-0.25, -0.2) is 0 Å². The number of hydrogen-bond acceptors (Lipinski definition) is 4. The van der Waals surface area contributed by atoms with Gasteiger partial charge in [0, 0.05) is 22.9 Å². The highest BCUT2D eigenvalue weighted by Crippen LogP contribution is 2.09. The number of anilines is 1. The quantitative estimate of drug-likeness (QED) is 0.662. The lowest BCUT2D eigenvalue weighted by Gasteiger charge is -2.06. The lowest BCUT2D eigenvalue weighted by molar-refractivity contribution is 0.737. The Hall–Kier alpha value is -1.66. The van der Waals surface area contributed by atoms with Crippen LogP contribution in [0.2, 0.25) is 0 Å². The first kappa shape index (κ1) is 11.8. The molecule has 2 aromatic heterocycles. The zero-order chi connectivity index (χ0) is 12.3. The van der Waals surface area contributed by atoms with Crippen molar-refractivity contribution < 1.29 is 0 Å². The molecule has 0 saturated heterocycles. The van der Waals surface area contributed by atoms with Crippen LogP contribution < -0.4 is 16.8 Å². The predicted octanol–water partition coefficient (Wildman–Crippen LogP) is 1.34. The van der Waals surface area contributed by atoms with Crippen LogP contribution in [0.4, 0.5) is 5.69 Å². The minimum absolute atomic E-state index is 0.0684. The number of hydrogen-bond donors (Lipinski definition) is 2. The molecule has 0 unspecified atom stereocenters. The molecule has 0 aliphatic heterocycles. The van der Waals surface area contributed by atoms with Crippen LogP contribution in [-0.2, 0) is 6.54 Å². The molecule has 0 amide bonds. The summed E-state index contributed by atoms with van der Waals surface area (Å²) in [5.41, 5.74) is 4.00. The molecule has 2 heterocycles. The Labute approximate surface area is 106 Å². The lowest BCUT2D eigenvalue weighted by Crippen LogP contribution is -2.19. The van der Waals surface area contributed by atoms with E-state index in [0.717, 1.165) is 15.9 Å². The van der Waals surface area contributed by atoms with Crippen LogP contribution in [0.15, 0.2) is 45.9 Å². The second-order valence-electron chi connectivity index (χ2n) is 3.49. The van der Waals surface area contributed by atoms with E-state index in [1.165, 1.54) is 6.07 Å². The van der Waals surface area contributed by atoms with Crippen molar-refractivity contribution in [2.75, 3.05) is 5.43 Å². The maximum Gasteiger partial charge on any atom is 0.250 e. The number of pyridine rings is 2. The summed E-state index contributed by atoms with van der Waals surface area (Å²) in [6.45, 7) is 0.411. The van der Waals surface area contributed by atoms with Gasteiger partial charge in [-0.05, 0) is 34.1 Å². The Morgan fingerprint density at radius 3 is 3.00 bits per heavy atom. The third-order valence-electron chi connectivity index (χ3n) is 2.26. The first-order valence-electron chi connectivity index (χ1n) is 4.96. The third kappa shape index (κ3) is 2.92. The van der Waals surface area contributed by atoms with Crippen LogP contribution in [0, 0.1) is 0 Å². The highest BCUT2D eigenvalue weighted by Gasteiger charge is 2.01. The van der Waals surface area contributed by atoms with Crippen LogP contribution in [0.5, 0.6) is 0 Å². The molecule has 0 saturated carbocycles. The van der Waals surface area contributed by atoms with E-state index in [0.29, 0.717) is 6.54 Å². The maximum atomic E-state index is 11.6. The van der Waals surface area contributed by atoms with Gasteiger partial charge in [-0.1, -0.05) is 0 Å². The molecule has 0 fully saturated rings. The molecule has 3 N–H and O–H groups in total. The van der Waals surface area contributed by atoms with Crippen LogP contribution in [0.3, 0.4) is 0 Å². The van der Waals surface area contributed by atoms with Gasteiger partial charge in [0.2, 0.25) is 0 Å². The average molecular weight is 295 g/mol. The number of hydrazine groups is 1. The number of nitrogens with two attached hydrogens (primary N) is 1. The fourth-order valence-electron chi connectivity index (χ4n) is 1.45. The first-order chi connectivity index (χ1) is 8.19. The molecule has 6 heteroatoms. The molecule has 0 aliphatic carbocycles. The van der Waals surface area contributed by atoms with Crippen LogP contribution in [0.25, 0.3) is 0 Å². The zero-order valence-electron chi connectivity index (χ0n) is 8.93. The Balaban J connectivity index is 2.31. The van der Waals surface area contributed by atoms with Gasteiger partial charge < -0.3 is 9.99 Å². The molecular weight excluding hydrogens is 284 g/mol. The fraction of sp³-hybridized carbons (Fsp3) is 0.0909. The third-order valence-corrected chi connectivity index (χ3v) is 2.73. The van der Waals surface area contributed by atoms with Crippen molar-refractivity contribution in [1.29, 1.82) is 0 Å². The summed E-state index contributed by atoms with van der Waals surface area (Å²) in [7, 11) is 0. The fourth-order valence-corrected chi connectivity index (χ4v) is 1.83. The van der Waals surface area contributed by atoms with Gasteiger partial charge in [-0.3, -0.25) is 15.6 Å². The minimum Gasteiger partial charge on any atom is -0.324 e. The SMILES string of the molecule is NNc1ccnc(Cn2cc(Br)ccc2=O)c1. The average Bonchev–Trinajstić information content (AvgIpc) is 2.34. The molecule has 2 aromatic rings. The van der Waals surface area contributed by atoms with Gasteiger partial charge in [0.15, 0.2) is 0 Å². The van der Waals surface area contributed by atoms with Crippen molar-refractivity contribution in [2.24, 2.45) is 5.84 Å². The van der Waals surface area contributed by atoms with Crippen molar-refractivity contribution in [3.63, 3.8) is 0 Å². The van der Waals surface area contributed by atoms with Gasteiger partial charge in [0.25, 0.3) is 5.56 Å². The summed E-state index contributed by atoms with van der Waals surface area (Å²) in [6.07, 6.45) is 3.38. The molecule has 0 radical (unpaired) electrons. The van der Waals surface area contributed by atoms with Crippen molar-refractivity contribution >= 4 is 21.6 Å². The van der Waals surface area contributed by atoms with Crippen molar-refractivity contribution in [2.45, 2.75) is 6.54 Å². The number of nitrogens with zero attached hydrogens (tertiary/aromatic N) is 2. The Morgan fingerprint density at radius 1 is 1.41 bits per heavy atom. The molecular formula is C11H11BrN4O. The summed E-state index contributed by atoms with van der Waals surface area (Å²) in [6, 6.07) is 6.78. The number of rotatable bonds is 3.